The van der Waals surface area contributed by atoms with Gasteiger partial charge in [-0.25, -0.2) is 8.78 Å². The maximum Gasteiger partial charge on any atom is 0.490 e. The first-order chi connectivity index (χ1) is 32.1. The second-order valence-corrected chi connectivity index (χ2v) is 20.9. The zero-order valence-electron chi connectivity index (χ0n) is 40.3. The summed E-state index contributed by atoms with van der Waals surface area (Å²) in [5.74, 6) is -0.893. The van der Waals surface area contributed by atoms with Crippen LogP contribution < -0.4 is 10.9 Å². The van der Waals surface area contributed by atoms with Crippen LogP contribution in [0.5, 0.6) is 0 Å². The van der Waals surface area contributed by atoms with Crippen molar-refractivity contribution in [2.75, 3.05) is 0 Å². The highest BCUT2D eigenvalue weighted by atomic mass is 32.1. The number of benzene rings is 3. The quantitative estimate of drug-likeness (QED) is 0.0264. The van der Waals surface area contributed by atoms with E-state index in [0.717, 1.165) is 189 Å². The molecule has 0 aliphatic heterocycles. The highest BCUT2D eigenvalue weighted by molar-refractivity contribution is 7.00. The first kappa shape index (κ1) is 51.0. The number of rotatable bonds is 30. The summed E-state index contributed by atoms with van der Waals surface area (Å²) in [6, 6.07) is 3.60. The minimum atomic E-state index is -1.85. The molecule has 14 heteroatoms. The number of unbranched alkanes of at least 4 members (excludes halogenated alkanes) is 20. The van der Waals surface area contributed by atoms with E-state index >= 15 is 8.78 Å². The molecule has 5 aromatic rings. The van der Waals surface area contributed by atoms with E-state index in [0.29, 0.717) is 70.0 Å². The molecule has 0 amide bonds. The summed E-state index contributed by atoms with van der Waals surface area (Å²) in [5, 5.41) is 43.7. The fraction of sp³-hybridized carbons (Fsp3) is 0.654. The third kappa shape index (κ3) is 9.94. The van der Waals surface area contributed by atoms with E-state index in [2.05, 4.69) is 36.4 Å². The van der Waals surface area contributed by atoms with Crippen molar-refractivity contribution in [3.8, 4) is 22.3 Å². The number of hydrogen-bond acceptors (Lipinski definition) is 10. The minimum absolute atomic E-state index is 0.213. The second kappa shape index (κ2) is 23.6. The minimum Gasteiger partial charge on any atom is -0.423 e. The third-order valence-corrected chi connectivity index (χ3v) is 16.4. The highest BCUT2D eigenvalue weighted by Gasteiger charge is 2.55. The van der Waals surface area contributed by atoms with Crippen molar-refractivity contribution in [2.24, 2.45) is 0 Å². The van der Waals surface area contributed by atoms with Gasteiger partial charge in [-0.2, -0.15) is 17.5 Å². The van der Waals surface area contributed by atoms with E-state index in [1.165, 1.54) is 0 Å². The van der Waals surface area contributed by atoms with Crippen LogP contribution >= 0.6 is 23.5 Å². The first-order valence-electron chi connectivity index (χ1n) is 26.0. The topological polar surface area (TPSA) is 132 Å². The van der Waals surface area contributed by atoms with E-state index in [4.69, 9.17) is 8.75 Å². The van der Waals surface area contributed by atoms with Gasteiger partial charge in [0.2, 0.25) is 0 Å². The molecule has 3 aromatic carbocycles. The Balaban J connectivity index is 1.53. The average Bonchev–Trinajstić information content (AvgIpc) is 4.10. The van der Waals surface area contributed by atoms with Gasteiger partial charge in [0.25, 0.3) is 0 Å². The SMILES string of the molecule is CCCCCCCCC1(CCCCCCCC)c2cc(B(O)O)c3nsnc3c2-c2c(F)c3c(c(F)c21)-c1c(cc(B(O)O)c2nsnc12)C3(CCCCCCCC)CCCCCCCC. The molecule has 66 heavy (non-hydrogen) atoms. The van der Waals surface area contributed by atoms with Crippen LogP contribution in [0.15, 0.2) is 12.1 Å². The molecule has 7 rings (SSSR count). The van der Waals surface area contributed by atoms with Crippen molar-refractivity contribution in [1.82, 2.24) is 17.5 Å². The standard InChI is InChI=1S/C52H74B2F2N4O4S2/c1-5-9-13-17-21-25-29-51(30-26-22-18-14-10-6-2)35-33-37(53(61)62)47-49(59-65-57-47)39(35)41-43(51)45(55)42-40-36(34-38(54(63)64)48-50(40)60-66-58-48)52(44(42)46(41)56,31-27-23-19-15-11-7-3)32-28-24-20-16-12-8-4/h33-34,61-64H,5-32H2,1-4H3. The van der Waals surface area contributed by atoms with Crippen LogP contribution in [0.25, 0.3) is 44.3 Å². The number of aromatic nitrogens is 4. The largest absolute Gasteiger partial charge is 0.490 e. The molecule has 0 radical (unpaired) electrons. The van der Waals surface area contributed by atoms with Gasteiger partial charge >= 0.3 is 14.2 Å². The normalized spacial score (nSPS) is 14.3. The molecule has 0 fully saturated rings. The predicted molar refractivity (Wildman–Crippen MR) is 272 cm³/mol. The fourth-order valence-electron chi connectivity index (χ4n) is 12.0. The maximum absolute atomic E-state index is 19.4. The van der Waals surface area contributed by atoms with Crippen LogP contribution in [0.1, 0.15) is 230 Å². The van der Waals surface area contributed by atoms with Crippen molar-refractivity contribution in [2.45, 2.75) is 218 Å². The number of halogens is 2. The molecule has 4 N–H and O–H groups in total. The monoisotopic (exact) mass is 943 g/mol. The Labute approximate surface area is 401 Å². The lowest BCUT2D eigenvalue weighted by Crippen LogP contribution is -2.34. The molecule has 2 aliphatic carbocycles. The van der Waals surface area contributed by atoms with E-state index in [9.17, 15) is 20.1 Å². The van der Waals surface area contributed by atoms with Crippen molar-refractivity contribution in [3.05, 3.63) is 46.0 Å². The second-order valence-electron chi connectivity index (χ2n) is 19.8. The van der Waals surface area contributed by atoms with E-state index in [1.54, 1.807) is 12.1 Å². The zero-order chi connectivity index (χ0) is 46.8. The average molecular weight is 943 g/mol. The first-order valence-corrected chi connectivity index (χ1v) is 27.5. The highest BCUT2D eigenvalue weighted by Crippen LogP contribution is 2.64. The van der Waals surface area contributed by atoms with Crippen molar-refractivity contribution in [3.63, 3.8) is 0 Å². The summed E-state index contributed by atoms with van der Waals surface area (Å²) in [5.41, 5.74) is 3.54. The lowest BCUT2D eigenvalue weighted by molar-refractivity contribution is 0.375. The van der Waals surface area contributed by atoms with E-state index in [-0.39, 0.29) is 22.1 Å². The molecule has 0 atom stereocenters. The Morgan fingerprint density at radius 1 is 0.409 bits per heavy atom. The van der Waals surface area contributed by atoms with Gasteiger partial charge in [-0.1, -0.05) is 194 Å². The Morgan fingerprint density at radius 3 is 0.970 bits per heavy atom. The van der Waals surface area contributed by atoms with E-state index in [1.807, 2.05) is 0 Å². The van der Waals surface area contributed by atoms with Crippen molar-refractivity contribution in [1.29, 1.82) is 0 Å². The van der Waals surface area contributed by atoms with Crippen molar-refractivity contribution < 1.29 is 28.9 Å². The molecule has 0 bridgehead atoms. The fourth-order valence-corrected chi connectivity index (χ4v) is 13.2. The molecular formula is C52H74B2F2N4O4S2. The van der Waals surface area contributed by atoms with Crippen LogP contribution in [0.4, 0.5) is 8.78 Å². The molecule has 358 valence electrons. The summed E-state index contributed by atoms with van der Waals surface area (Å²) in [6.07, 6.45) is 27.1. The summed E-state index contributed by atoms with van der Waals surface area (Å²) >= 11 is 1.91. The van der Waals surface area contributed by atoms with Crippen LogP contribution in [-0.2, 0) is 10.8 Å². The van der Waals surface area contributed by atoms with Gasteiger partial charge in [0.05, 0.1) is 23.5 Å². The van der Waals surface area contributed by atoms with Crippen LogP contribution in [0.2, 0.25) is 0 Å². The Kier molecular flexibility index (Phi) is 18.3. The predicted octanol–water partition coefficient (Wildman–Crippen LogP) is 12.9. The molecule has 2 heterocycles. The third-order valence-electron chi connectivity index (χ3n) is 15.4. The molecular weight excluding hydrogens is 868 g/mol. The summed E-state index contributed by atoms with van der Waals surface area (Å²) in [4.78, 5) is 0. The number of nitrogens with zero attached hydrogens (tertiary/aromatic N) is 4. The number of fused-ring (bicyclic) bond motifs is 10. The molecule has 2 aromatic heterocycles. The van der Waals surface area contributed by atoms with Gasteiger partial charge in [0.1, 0.15) is 33.7 Å². The van der Waals surface area contributed by atoms with Gasteiger partial charge in [-0.3, -0.25) is 0 Å². The molecule has 2 aliphatic rings. The van der Waals surface area contributed by atoms with Crippen LogP contribution in [0.3, 0.4) is 0 Å². The van der Waals surface area contributed by atoms with Crippen molar-refractivity contribution >= 4 is 70.7 Å². The molecule has 8 nitrogen and oxygen atoms in total. The Hall–Kier alpha value is -2.87. The van der Waals surface area contributed by atoms with E-state index < -0.39 is 36.7 Å². The van der Waals surface area contributed by atoms with Gasteiger partial charge in [-0.15, -0.1) is 0 Å². The Bertz CT molecular complexity index is 2190. The summed E-state index contributed by atoms with van der Waals surface area (Å²) < 4.78 is 57.4. The van der Waals surface area contributed by atoms with Gasteiger partial charge in [0, 0.05) is 55.1 Å². The lowest BCUT2D eigenvalue weighted by atomic mass is 9.67. The zero-order valence-corrected chi connectivity index (χ0v) is 41.9. The molecule has 0 saturated heterocycles. The van der Waals surface area contributed by atoms with Gasteiger partial charge < -0.3 is 20.1 Å². The number of hydrogen-bond donors (Lipinski definition) is 4. The smallest absolute Gasteiger partial charge is 0.423 e. The van der Waals surface area contributed by atoms with Gasteiger partial charge in [-0.05, 0) is 36.8 Å². The van der Waals surface area contributed by atoms with Crippen LogP contribution in [-0.4, -0.2) is 51.8 Å². The van der Waals surface area contributed by atoms with Gasteiger partial charge in [0.15, 0.2) is 0 Å². The molecule has 0 spiro atoms. The summed E-state index contributed by atoms with van der Waals surface area (Å²) in [6.45, 7) is 8.81. The van der Waals surface area contributed by atoms with Crippen LogP contribution in [0, 0.1) is 11.6 Å². The molecule has 0 saturated carbocycles. The summed E-state index contributed by atoms with van der Waals surface area (Å²) in [7, 11) is -3.69. The maximum atomic E-state index is 19.4. The lowest BCUT2D eigenvalue weighted by Gasteiger charge is -2.35. The molecule has 0 unspecified atom stereocenters. The Morgan fingerprint density at radius 2 is 0.682 bits per heavy atom.